The van der Waals surface area contributed by atoms with E-state index in [0.29, 0.717) is 23.4 Å². The number of primary amides is 1. The molecule has 0 unspecified atom stereocenters. The summed E-state index contributed by atoms with van der Waals surface area (Å²) in [6.45, 7) is 0. The van der Waals surface area contributed by atoms with Crippen molar-refractivity contribution in [1.29, 1.82) is 0 Å². The number of nitrogens with one attached hydrogen (secondary N) is 2. The van der Waals surface area contributed by atoms with Crippen LogP contribution in [0.4, 0.5) is 17.3 Å². The number of carbonyl (C=O) groups is 2. The SMILES string of the molecule is CNc1cc(N/C(C=O)=C/C=C\N(C)c2ccccn2)nn2c(C(N)=O)cnc12. The summed E-state index contributed by atoms with van der Waals surface area (Å²) in [6.07, 6.45) is 8.78. The van der Waals surface area contributed by atoms with Gasteiger partial charge in [0.15, 0.2) is 17.8 Å². The first-order chi connectivity index (χ1) is 14.0. The molecule has 4 N–H and O–H groups in total. The summed E-state index contributed by atoms with van der Waals surface area (Å²) in [7, 11) is 3.56. The highest BCUT2D eigenvalue weighted by Crippen LogP contribution is 2.20. The summed E-state index contributed by atoms with van der Waals surface area (Å²) in [4.78, 5) is 33.3. The maximum atomic E-state index is 11.6. The van der Waals surface area contributed by atoms with Crippen LogP contribution in [0.2, 0.25) is 0 Å². The van der Waals surface area contributed by atoms with Gasteiger partial charge in [-0.15, -0.1) is 5.10 Å². The molecule has 3 aromatic heterocycles. The van der Waals surface area contributed by atoms with Crippen LogP contribution in [-0.4, -0.2) is 45.9 Å². The first kappa shape index (κ1) is 19.5. The molecule has 3 rings (SSSR count). The molecule has 0 bridgehead atoms. The summed E-state index contributed by atoms with van der Waals surface area (Å²) in [5.74, 6) is 0.450. The van der Waals surface area contributed by atoms with Crippen LogP contribution in [0.5, 0.6) is 0 Å². The minimum Gasteiger partial charge on any atom is -0.385 e. The van der Waals surface area contributed by atoms with Crippen LogP contribution in [0.15, 0.2) is 60.7 Å². The zero-order valence-corrected chi connectivity index (χ0v) is 15.9. The second-order valence-electron chi connectivity index (χ2n) is 5.94. The minimum atomic E-state index is -0.657. The fourth-order valence-electron chi connectivity index (χ4n) is 2.55. The van der Waals surface area contributed by atoms with E-state index < -0.39 is 5.91 Å². The Morgan fingerprint density at radius 3 is 2.79 bits per heavy atom. The summed E-state index contributed by atoms with van der Waals surface area (Å²) in [5.41, 5.74) is 6.83. The standard InChI is InChI=1S/C19H20N8O2/c1-21-14-10-16(25-27-15(18(20)29)11-23-19(14)27)24-13(12-28)6-5-9-26(2)17-7-3-4-8-22-17/h3-12,21H,1-2H3,(H2,20,29)(H,24,25)/b9-5-,13-6+. The third kappa shape index (κ3) is 4.38. The van der Waals surface area contributed by atoms with Gasteiger partial charge < -0.3 is 21.3 Å². The molecule has 0 saturated carbocycles. The Morgan fingerprint density at radius 2 is 2.14 bits per heavy atom. The van der Waals surface area contributed by atoms with Gasteiger partial charge in [-0.25, -0.2) is 14.5 Å². The fourth-order valence-corrected chi connectivity index (χ4v) is 2.55. The predicted octanol–water partition coefficient (Wildman–Crippen LogP) is 1.41. The first-order valence-electron chi connectivity index (χ1n) is 8.64. The molecule has 3 heterocycles. The van der Waals surface area contributed by atoms with Crippen molar-refractivity contribution >= 4 is 35.2 Å². The Hall–Kier alpha value is -4.21. The lowest BCUT2D eigenvalue weighted by atomic mass is 10.3. The smallest absolute Gasteiger partial charge is 0.269 e. The van der Waals surface area contributed by atoms with Crippen molar-refractivity contribution < 1.29 is 9.59 Å². The van der Waals surface area contributed by atoms with Gasteiger partial charge >= 0.3 is 0 Å². The minimum absolute atomic E-state index is 0.133. The largest absolute Gasteiger partial charge is 0.385 e. The molecule has 1 amide bonds. The number of anilines is 3. The molecule has 29 heavy (non-hydrogen) atoms. The Labute approximate surface area is 166 Å². The van der Waals surface area contributed by atoms with Crippen LogP contribution in [-0.2, 0) is 4.79 Å². The van der Waals surface area contributed by atoms with Gasteiger partial charge in [0.1, 0.15) is 11.5 Å². The van der Waals surface area contributed by atoms with Crippen LogP contribution in [0.1, 0.15) is 10.5 Å². The Morgan fingerprint density at radius 1 is 1.31 bits per heavy atom. The second-order valence-corrected chi connectivity index (χ2v) is 5.94. The Bertz CT molecular complexity index is 1090. The lowest BCUT2D eigenvalue weighted by Gasteiger charge is -2.11. The summed E-state index contributed by atoms with van der Waals surface area (Å²) >= 11 is 0. The number of allylic oxidation sites excluding steroid dienone is 3. The number of hydrogen-bond acceptors (Lipinski definition) is 8. The molecule has 0 saturated heterocycles. The highest BCUT2D eigenvalue weighted by Gasteiger charge is 2.14. The van der Waals surface area contributed by atoms with Crippen LogP contribution >= 0.6 is 0 Å². The number of rotatable bonds is 8. The van der Waals surface area contributed by atoms with E-state index in [0.717, 1.165) is 5.82 Å². The van der Waals surface area contributed by atoms with E-state index in [1.807, 2.05) is 30.1 Å². The lowest BCUT2D eigenvalue weighted by molar-refractivity contribution is -0.104. The third-order valence-electron chi connectivity index (χ3n) is 3.98. The van der Waals surface area contributed by atoms with E-state index in [1.165, 1.54) is 10.7 Å². The number of hydrogen-bond donors (Lipinski definition) is 3. The zero-order valence-electron chi connectivity index (χ0n) is 15.9. The highest BCUT2D eigenvalue weighted by molar-refractivity contribution is 5.92. The van der Waals surface area contributed by atoms with Gasteiger partial charge in [0.2, 0.25) is 0 Å². The molecule has 3 aromatic rings. The third-order valence-corrected chi connectivity index (χ3v) is 3.98. The molecule has 0 aromatic carbocycles. The van der Waals surface area contributed by atoms with Crippen molar-refractivity contribution in [2.45, 2.75) is 0 Å². The fraction of sp³-hybridized carbons (Fsp3) is 0.105. The molecule has 0 fully saturated rings. The van der Waals surface area contributed by atoms with E-state index in [-0.39, 0.29) is 11.4 Å². The van der Waals surface area contributed by atoms with Crippen LogP contribution in [0.25, 0.3) is 5.65 Å². The molecule has 0 aliphatic rings. The molecular formula is C19H20N8O2. The number of amides is 1. The number of pyridine rings is 1. The lowest BCUT2D eigenvalue weighted by Crippen LogP contribution is -2.16. The predicted molar refractivity (Wildman–Crippen MR) is 111 cm³/mol. The molecule has 0 aliphatic heterocycles. The van der Waals surface area contributed by atoms with Crippen molar-refractivity contribution in [3.05, 3.63) is 66.4 Å². The van der Waals surface area contributed by atoms with Gasteiger partial charge in [-0.2, -0.15) is 0 Å². The zero-order chi connectivity index (χ0) is 20.8. The van der Waals surface area contributed by atoms with Crippen LogP contribution in [0, 0.1) is 0 Å². The molecule has 0 atom stereocenters. The van der Waals surface area contributed by atoms with Crippen LogP contribution < -0.4 is 21.3 Å². The van der Waals surface area contributed by atoms with Crippen molar-refractivity contribution in [1.82, 2.24) is 19.6 Å². The molecule has 0 radical (unpaired) electrons. The average Bonchev–Trinajstić information content (AvgIpc) is 3.17. The van der Waals surface area contributed by atoms with Crippen LogP contribution in [0.3, 0.4) is 0 Å². The van der Waals surface area contributed by atoms with E-state index in [1.54, 1.807) is 37.7 Å². The van der Waals surface area contributed by atoms with E-state index >= 15 is 0 Å². The summed E-state index contributed by atoms with van der Waals surface area (Å²) in [5, 5.41) is 10.2. The summed E-state index contributed by atoms with van der Waals surface area (Å²) < 4.78 is 1.32. The number of aromatic nitrogens is 4. The van der Waals surface area contributed by atoms with E-state index in [2.05, 4.69) is 25.7 Å². The number of nitrogens with two attached hydrogens (primary N) is 1. The number of aldehydes is 1. The summed E-state index contributed by atoms with van der Waals surface area (Å²) in [6, 6.07) is 7.27. The van der Waals surface area contributed by atoms with Crippen molar-refractivity contribution in [2.24, 2.45) is 5.73 Å². The Kier molecular flexibility index (Phi) is 5.83. The van der Waals surface area contributed by atoms with E-state index in [9.17, 15) is 9.59 Å². The van der Waals surface area contributed by atoms with Crippen molar-refractivity contribution in [3.8, 4) is 0 Å². The van der Waals surface area contributed by atoms with Gasteiger partial charge in [0.25, 0.3) is 5.91 Å². The van der Waals surface area contributed by atoms with Gasteiger partial charge in [-0.05, 0) is 24.3 Å². The number of fused-ring (bicyclic) bond motifs is 1. The molecule has 0 aliphatic carbocycles. The molecule has 0 spiro atoms. The monoisotopic (exact) mass is 392 g/mol. The van der Waals surface area contributed by atoms with Gasteiger partial charge in [-0.1, -0.05) is 6.07 Å². The number of imidazole rings is 1. The molecule has 10 nitrogen and oxygen atoms in total. The van der Waals surface area contributed by atoms with Gasteiger partial charge in [0, 0.05) is 32.6 Å². The second kappa shape index (κ2) is 8.65. The van der Waals surface area contributed by atoms with Gasteiger partial charge in [0.05, 0.1) is 17.6 Å². The first-order valence-corrected chi connectivity index (χ1v) is 8.64. The molecule has 148 valence electrons. The highest BCUT2D eigenvalue weighted by atomic mass is 16.1. The Balaban J connectivity index is 1.84. The maximum Gasteiger partial charge on any atom is 0.269 e. The molecule has 10 heteroatoms. The van der Waals surface area contributed by atoms with Crippen molar-refractivity contribution in [2.75, 3.05) is 29.6 Å². The average molecular weight is 392 g/mol. The van der Waals surface area contributed by atoms with Crippen molar-refractivity contribution in [3.63, 3.8) is 0 Å². The topological polar surface area (TPSA) is 131 Å². The normalized spacial score (nSPS) is 11.6. The van der Waals surface area contributed by atoms with Gasteiger partial charge in [-0.3, -0.25) is 9.59 Å². The quantitative estimate of drug-likeness (QED) is 0.298. The number of nitrogens with zero attached hydrogens (tertiary/aromatic N) is 5. The molecular weight excluding hydrogens is 372 g/mol. The number of carbonyl (C=O) groups excluding carboxylic acids is 2. The van der Waals surface area contributed by atoms with E-state index in [4.69, 9.17) is 5.73 Å². The maximum absolute atomic E-state index is 11.6.